The van der Waals surface area contributed by atoms with Crippen LogP contribution in [0.4, 0.5) is 0 Å². The Bertz CT molecular complexity index is 185. The highest BCUT2D eigenvalue weighted by Crippen LogP contribution is 2.36. The summed E-state index contributed by atoms with van der Waals surface area (Å²) < 4.78 is -0.249. The summed E-state index contributed by atoms with van der Waals surface area (Å²) in [6.45, 7) is 4.45. The third-order valence-electron chi connectivity index (χ3n) is 1.29. The first kappa shape index (κ1) is 12.6. The number of carboxylic acid groups (broad SMARTS) is 1. The molecule has 0 aromatic heterocycles. The van der Waals surface area contributed by atoms with Crippen molar-refractivity contribution in [1.29, 1.82) is 0 Å². The van der Waals surface area contributed by atoms with Gasteiger partial charge in [-0.2, -0.15) is 0 Å². The van der Waals surface area contributed by atoms with Gasteiger partial charge in [-0.25, -0.2) is 0 Å². The molecule has 1 amide bonds. The smallest absolute Gasteiger partial charge is 0.290 e. The highest BCUT2D eigenvalue weighted by atomic mass is 33.1. The van der Waals surface area contributed by atoms with Crippen LogP contribution in [0.15, 0.2) is 0 Å². The van der Waals surface area contributed by atoms with Gasteiger partial charge in [0.15, 0.2) is 0 Å². The molecule has 2 N–H and O–H groups in total. The lowest BCUT2D eigenvalue weighted by molar-refractivity contribution is -0.123. The molecule has 0 saturated carbocycles. The Kier molecular flexibility index (Phi) is 5.98. The van der Waals surface area contributed by atoms with Crippen LogP contribution < -0.4 is 5.32 Å². The predicted molar refractivity (Wildman–Crippen MR) is 55.8 cm³/mol. The lowest BCUT2D eigenvalue weighted by atomic mass is 10.2. The van der Waals surface area contributed by atoms with E-state index in [4.69, 9.17) is 9.90 Å². The topological polar surface area (TPSA) is 66.4 Å². The van der Waals surface area contributed by atoms with Crippen LogP contribution >= 0.6 is 21.6 Å². The third-order valence-corrected chi connectivity index (χ3v) is 4.48. The minimum absolute atomic E-state index is 0.155. The number of hydrogen-bond donors (Lipinski definition) is 2. The van der Waals surface area contributed by atoms with Crippen LogP contribution in [0.25, 0.3) is 0 Å². The normalized spacial score (nSPS) is 20.3. The van der Waals surface area contributed by atoms with Crippen LogP contribution in [0.1, 0.15) is 13.8 Å². The first-order chi connectivity index (χ1) is 6.04. The Morgan fingerprint density at radius 2 is 2.15 bits per heavy atom. The van der Waals surface area contributed by atoms with Gasteiger partial charge in [0.25, 0.3) is 6.47 Å². The van der Waals surface area contributed by atoms with Crippen molar-refractivity contribution in [3.05, 3.63) is 0 Å². The lowest BCUT2D eigenvalue weighted by Gasteiger charge is -2.17. The molecule has 0 aliphatic carbocycles. The SMILES string of the molecule is CC1(C)SSCCNC1=O.O=CO. The summed E-state index contributed by atoms with van der Waals surface area (Å²) in [5, 5.41) is 9.74. The Morgan fingerprint density at radius 1 is 1.62 bits per heavy atom. The van der Waals surface area contributed by atoms with E-state index in [1.54, 1.807) is 21.6 Å². The third kappa shape index (κ3) is 5.05. The van der Waals surface area contributed by atoms with E-state index in [0.717, 1.165) is 12.3 Å². The van der Waals surface area contributed by atoms with E-state index in [-0.39, 0.29) is 17.1 Å². The van der Waals surface area contributed by atoms with E-state index in [2.05, 4.69) is 5.32 Å². The van der Waals surface area contributed by atoms with Crippen LogP contribution in [0.5, 0.6) is 0 Å². The number of hydrogen-bond acceptors (Lipinski definition) is 4. The van der Waals surface area contributed by atoms with E-state index in [0.29, 0.717) is 0 Å². The molecular formula is C7H13NO3S2. The molecule has 1 fully saturated rings. The van der Waals surface area contributed by atoms with Gasteiger partial charge >= 0.3 is 0 Å². The maximum Gasteiger partial charge on any atom is 0.290 e. The maximum absolute atomic E-state index is 11.2. The van der Waals surface area contributed by atoms with Crippen molar-refractivity contribution in [3.8, 4) is 0 Å². The molecule has 0 aromatic rings. The average Bonchev–Trinajstić information content (AvgIpc) is 2.16. The molecule has 0 unspecified atom stereocenters. The summed E-state index contributed by atoms with van der Waals surface area (Å²) in [4.78, 5) is 19.6. The zero-order chi connectivity index (χ0) is 10.3. The maximum atomic E-state index is 11.2. The minimum Gasteiger partial charge on any atom is -0.483 e. The van der Waals surface area contributed by atoms with Gasteiger partial charge in [0.05, 0.1) is 4.75 Å². The van der Waals surface area contributed by atoms with Crippen LogP contribution in [-0.4, -0.2) is 34.5 Å². The summed E-state index contributed by atoms with van der Waals surface area (Å²) >= 11 is 0. The summed E-state index contributed by atoms with van der Waals surface area (Å²) in [5.41, 5.74) is 0. The van der Waals surface area contributed by atoms with Gasteiger partial charge in [-0.1, -0.05) is 21.6 Å². The molecule has 1 rings (SSSR count). The van der Waals surface area contributed by atoms with Crippen molar-refractivity contribution < 1.29 is 14.7 Å². The van der Waals surface area contributed by atoms with Crippen LogP contribution in [0.3, 0.4) is 0 Å². The summed E-state index contributed by atoms with van der Waals surface area (Å²) in [5.74, 6) is 1.17. The molecule has 1 aliphatic heterocycles. The zero-order valence-electron chi connectivity index (χ0n) is 7.57. The fourth-order valence-corrected chi connectivity index (χ4v) is 2.97. The van der Waals surface area contributed by atoms with Crippen LogP contribution in [0.2, 0.25) is 0 Å². The first-order valence-corrected chi connectivity index (χ1v) is 6.03. The molecule has 0 spiro atoms. The number of carbonyl (C=O) groups excluding carboxylic acids is 1. The Morgan fingerprint density at radius 3 is 2.69 bits per heavy atom. The number of rotatable bonds is 0. The monoisotopic (exact) mass is 223 g/mol. The highest BCUT2D eigenvalue weighted by molar-refractivity contribution is 8.77. The number of carbonyl (C=O) groups is 2. The molecule has 1 aliphatic rings. The molecule has 0 aromatic carbocycles. The summed E-state index contributed by atoms with van der Waals surface area (Å²) in [6.07, 6.45) is 0. The average molecular weight is 223 g/mol. The molecule has 13 heavy (non-hydrogen) atoms. The second-order valence-electron chi connectivity index (χ2n) is 2.78. The van der Waals surface area contributed by atoms with Crippen molar-refractivity contribution in [2.45, 2.75) is 18.6 Å². The van der Waals surface area contributed by atoms with E-state index < -0.39 is 0 Å². The molecule has 6 heteroatoms. The van der Waals surface area contributed by atoms with Gasteiger partial charge in [-0.05, 0) is 13.8 Å². The van der Waals surface area contributed by atoms with E-state index in [1.807, 2.05) is 13.8 Å². The molecular weight excluding hydrogens is 210 g/mol. The minimum atomic E-state index is -0.250. The Hall–Kier alpha value is -0.360. The van der Waals surface area contributed by atoms with Crippen molar-refractivity contribution in [2.24, 2.45) is 0 Å². The van der Waals surface area contributed by atoms with Gasteiger partial charge in [-0.15, -0.1) is 0 Å². The Balaban J connectivity index is 0.000000424. The largest absolute Gasteiger partial charge is 0.483 e. The molecule has 0 radical (unpaired) electrons. The van der Waals surface area contributed by atoms with E-state index >= 15 is 0 Å². The fraction of sp³-hybridized carbons (Fsp3) is 0.714. The van der Waals surface area contributed by atoms with Crippen LogP contribution in [0, 0.1) is 0 Å². The number of amides is 1. The molecule has 0 bridgehead atoms. The Labute approximate surface area is 85.2 Å². The van der Waals surface area contributed by atoms with E-state index in [9.17, 15) is 4.79 Å². The molecule has 4 nitrogen and oxygen atoms in total. The zero-order valence-corrected chi connectivity index (χ0v) is 9.20. The van der Waals surface area contributed by atoms with Gasteiger partial charge in [0.2, 0.25) is 5.91 Å². The summed E-state index contributed by atoms with van der Waals surface area (Å²) in [7, 11) is 3.41. The van der Waals surface area contributed by atoms with Gasteiger partial charge in [0.1, 0.15) is 0 Å². The fourth-order valence-electron chi connectivity index (χ4n) is 0.646. The van der Waals surface area contributed by atoms with Crippen molar-refractivity contribution >= 4 is 34.0 Å². The van der Waals surface area contributed by atoms with Gasteiger partial charge in [0, 0.05) is 12.3 Å². The molecule has 0 atom stereocenters. The highest BCUT2D eigenvalue weighted by Gasteiger charge is 2.29. The van der Waals surface area contributed by atoms with Crippen molar-refractivity contribution in [2.75, 3.05) is 12.3 Å². The second kappa shape index (κ2) is 6.15. The standard InChI is InChI=1S/C6H11NOS2.CH2O2/c1-6(2)5(8)7-3-4-9-10-6;2-1-3/h3-4H2,1-2H3,(H,7,8);1H,(H,2,3). The molecule has 1 heterocycles. The first-order valence-electron chi connectivity index (χ1n) is 3.71. The van der Waals surface area contributed by atoms with Crippen LogP contribution in [-0.2, 0) is 9.59 Å². The quantitative estimate of drug-likeness (QED) is 0.473. The van der Waals surface area contributed by atoms with Crippen molar-refractivity contribution in [3.63, 3.8) is 0 Å². The van der Waals surface area contributed by atoms with Gasteiger partial charge in [-0.3, -0.25) is 9.59 Å². The summed E-state index contributed by atoms with van der Waals surface area (Å²) in [6, 6.07) is 0. The van der Waals surface area contributed by atoms with Crippen molar-refractivity contribution in [1.82, 2.24) is 5.32 Å². The van der Waals surface area contributed by atoms with Gasteiger partial charge < -0.3 is 10.4 Å². The molecule has 1 saturated heterocycles. The predicted octanol–water partition coefficient (Wildman–Crippen LogP) is 0.977. The lowest BCUT2D eigenvalue weighted by Crippen LogP contribution is -2.38. The van der Waals surface area contributed by atoms with E-state index in [1.165, 1.54) is 0 Å². The molecule has 76 valence electrons. The number of nitrogens with one attached hydrogen (secondary N) is 1. The second-order valence-corrected chi connectivity index (χ2v) is 5.82.